The summed E-state index contributed by atoms with van der Waals surface area (Å²) in [6, 6.07) is 8.77. The first-order chi connectivity index (χ1) is 14.8. The molecule has 1 unspecified atom stereocenters. The van der Waals surface area contributed by atoms with E-state index in [0.717, 1.165) is 30.9 Å². The molecular weight excluding hydrogens is 382 g/mol. The van der Waals surface area contributed by atoms with Crippen LogP contribution in [0.5, 0.6) is 0 Å². The summed E-state index contributed by atoms with van der Waals surface area (Å²) in [5.74, 6) is 1.39. The summed E-state index contributed by atoms with van der Waals surface area (Å²) in [6.07, 6.45) is 7.63. The maximum Gasteiger partial charge on any atom is 0.182 e. The van der Waals surface area contributed by atoms with Gasteiger partial charge < -0.3 is 10.0 Å². The lowest BCUT2D eigenvalue weighted by Gasteiger charge is -2.31. The van der Waals surface area contributed by atoms with Crippen molar-refractivity contribution in [1.29, 1.82) is 0 Å². The van der Waals surface area contributed by atoms with Crippen LogP contribution in [0.2, 0.25) is 0 Å². The fourth-order valence-electron chi connectivity index (χ4n) is 5.14. The summed E-state index contributed by atoms with van der Waals surface area (Å²) in [6.45, 7) is 13.7. The maximum absolute atomic E-state index is 11.2. The molecule has 2 aliphatic rings. The number of allylic oxidation sites excluding steroid dienone is 2. The van der Waals surface area contributed by atoms with Gasteiger partial charge in [-0.1, -0.05) is 47.5 Å². The highest BCUT2D eigenvalue weighted by atomic mass is 16.3. The quantitative estimate of drug-likeness (QED) is 0.474. The molecule has 0 aliphatic carbocycles. The minimum atomic E-state index is -0.289. The SMILES string of the molecule is Cc1cc(C)c(/C=C/C=C(\O)C2N3CCCC3=NN2c2c(C)cc(C)cc2C)c(C)c1. The molecule has 1 N–H and O–H groups in total. The molecule has 0 radical (unpaired) electrons. The Balaban J connectivity index is 1.68. The molecule has 2 aliphatic heterocycles. The third kappa shape index (κ3) is 3.99. The van der Waals surface area contributed by atoms with Gasteiger partial charge in [-0.05, 0) is 81.9 Å². The number of aryl methyl sites for hydroxylation is 6. The summed E-state index contributed by atoms with van der Waals surface area (Å²) in [5.41, 5.74) is 9.68. The van der Waals surface area contributed by atoms with Crippen LogP contribution in [0.15, 0.2) is 47.3 Å². The van der Waals surface area contributed by atoms with Crippen LogP contribution in [0.3, 0.4) is 0 Å². The van der Waals surface area contributed by atoms with E-state index < -0.39 is 0 Å². The lowest BCUT2D eigenvalue weighted by Crippen LogP contribution is -2.42. The Morgan fingerprint density at radius 1 is 0.935 bits per heavy atom. The van der Waals surface area contributed by atoms with Crippen LogP contribution >= 0.6 is 0 Å². The van der Waals surface area contributed by atoms with Crippen LogP contribution < -0.4 is 5.01 Å². The van der Waals surface area contributed by atoms with Gasteiger partial charge in [0.15, 0.2) is 6.17 Å². The Morgan fingerprint density at radius 2 is 1.52 bits per heavy atom. The van der Waals surface area contributed by atoms with Crippen molar-refractivity contribution in [3.05, 3.63) is 81.1 Å². The lowest BCUT2D eigenvalue weighted by molar-refractivity contribution is 0.275. The van der Waals surface area contributed by atoms with Crippen LogP contribution in [-0.4, -0.2) is 28.6 Å². The van der Waals surface area contributed by atoms with Gasteiger partial charge in [-0.25, -0.2) is 5.01 Å². The summed E-state index contributed by atoms with van der Waals surface area (Å²) in [7, 11) is 0. The second-order valence-corrected chi connectivity index (χ2v) is 9.04. The second-order valence-electron chi connectivity index (χ2n) is 9.04. The predicted molar refractivity (Wildman–Crippen MR) is 131 cm³/mol. The molecule has 0 bridgehead atoms. The van der Waals surface area contributed by atoms with Crippen molar-refractivity contribution in [1.82, 2.24) is 4.90 Å². The van der Waals surface area contributed by atoms with Gasteiger partial charge in [0.25, 0.3) is 0 Å². The van der Waals surface area contributed by atoms with E-state index in [0.29, 0.717) is 5.76 Å². The van der Waals surface area contributed by atoms with Gasteiger partial charge in [-0.3, -0.25) is 0 Å². The highest BCUT2D eigenvalue weighted by Gasteiger charge is 2.40. The molecule has 1 atom stereocenters. The molecule has 4 nitrogen and oxygen atoms in total. The molecule has 1 fully saturated rings. The molecule has 1 saturated heterocycles. The Kier molecular flexibility index (Phi) is 5.65. The molecule has 4 heteroatoms. The number of aliphatic hydroxyl groups excluding tert-OH is 1. The predicted octanol–water partition coefficient (Wildman–Crippen LogP) is 6.25. The molecule has 0 amide bonds. The molecule has 2 aromatic carbocycles. The van der Waals surface area contributed by atoms with Crippen molar-refractivity contribution >= 4 is 17.6 Å². The summed E-state index contributed by atoms with van der Waals surface area (Å²) in [4.78, 5) is 2.24. The van der Waals surface area contributed by atoms with E-state index in [1.807, 2.05) is 17.2 Å². The number of amidine groups is 1. The number of benzene rings is 2. The van der Waals surface area contributed by atoms with Crippen LogP contribution in [-0.2, 0) is 0 Å². The normalized spacial score (nSPS) is 18.8. The van der Waals surface area contributed by atoms with Crippen LogP contribution in [0, 0.1) is 41.5 Å². The maximum atomic E-state index is 11.2. The average Bonchev–Trinajstić information content (AvgIpc) is 3.24. The van der Waals surface area contributed by atoms with Crippen LogP contribution in [0.25, 0.3) is 6.08 Å². The van der Waals surface area contributed by atoms with Gasteiger partial charge in [-0.15, -0.1) is 0 Å². The zero-order valence-electron chi connectivity index (χ0n) is 19.5. The topological polar surface area (TPSA) is 39.1 Å². The van der Waals surface area contributed by atoms with Gasteiger partial charge in [0.05, 0.1) is 5.69 Å². The molecule has 0 spiro atoms. The van der Waals surface area contributed by atoms with Gasteiger partial charge >= 0.3 is 0 Å². The Bertz CT molecular complexity index is 1060. The van der Waals surface area contributed by atoms with E-state index in [9.17, 15) is 5.11 Å². The Morgan fingerprint density at radius 3 is 2.13 bits per heavy atom. The second kappa shape index (κ2) is 8.26. The van der Waals surface area contributed by atoms with E-state index in [1.165, 1.54) is 38.9 Å². The van der Waals surface area contributed by atoms with E-state index in [4.69, 9.17) is 5.10 Å². The lowest BCUT2D eigenvalue weighted by atomic mass is 9.99. The van der Waals surface area contributed by atoms with Crippen molar-refractivity contribution < 1.29 is 5.11 Å². The fourth-order valence-corrected chi connectivity index (χ4v) is 5.14. The standard InChI is InChI=1S/C27H33N3O/c1-17-13-19(3)23(20(4)14-17)9-7-10-24(31)27-29-12-8-11-25(29)28-30(27)26-21(5)15-18(2)16-22(26)6/h7,9-10,13-16,27,31H,8,11-12H2,1-6H3/b9-7+,24-10-. The molecule has 4 rings (SSSR count). The molecule has 0 aromatic heterocycles. The zero-order chi connectivity index (χ0) is 22.3. The largest absolute Gasteiger partial charge is 0.508 e. The van der Waals surface area contributed by atoms with Gasteiger partial charge in [0.1, 0.15) is 11.6 Å². The molecule has 2 heterocycles. The molecule has 31 heavy (non-hydrogen) atoms. The third-order valence-electron chi connectivity index (χ3n) is 6.28. The average molecular weight is 416 g/mol. The highest BCUT2D eigenvalue weighted by Crippen LogP contribution is 2.36. The number of fused-ring (bicyclic) bond motifs is 1. The van der Waals surface area contributed by atoms with E-state index in [2.05, 4.69) is 76.8 Å². The highest BCUT2D eigenvalue weighted by molar-refractivity contribution is 5.89. The molecular formula is C27H33N3O. The summed E-state index contributed by atoms with van der Waals surface area (Å²) < 4.78 is 0. The number of hydrogen-bond acceptors (Lipinski definition) is 4. The van der Waals surface area contributed by atoms with Gasteiger partial charge in [0.2, 0.25) is 0 Å². The van der Waals surface area contributed by atoms with E-state index in [-0.39, 0.29) is 6.17 Å². The fraction of sp³-hybridized carbons (Fsp3) is 0.370. The number of aliphatic hydroxyl groups is 1. The van der Waals surface area contributed by atoms with E-state index >= 15 is 0 Å². The Hall–Kier alpha value is -3.01. The first kappa shape index (κ1) is 21.2. The molecule has 0 saturated carbocycles. The first-order valence-corrected chi connectivity index (χ1v) is 11.1. The van der Waals surface area contributed by atoms with Crippen molar-refractivity contribution in [2.45, 2.75) is 60.5 Å². The van der Waals surface area contributed by atoms with Gasteiger partial charge in [0, 0.05) is 13.0 Å². The monoisotopic (exact) mass is 415 g/mol. The smallest absolute Gasteiger partial charge is 0.182 e. The summed E-state index contributed by atoms with van der Waals surface area (Å²) >= 11 is 0. The number of hydrogen-bond donors (Lipinski definition) is 1. The summed E-state index contributed by atoms with van der Waals surface area (Å²) in [5, 5.41) is 18.1. The molecule has 162 valence electrons. The van der Waals surface area contributed by atoms with Crippen molar-refractivity contribution in [3.8, 4) is 0 Å². The number of anilines is 1. The van der Waals surface area contributed by atoms with Crippen molar-refractivity contribution in [3.63, 3.8) is 0 Å². The Labute approximate surface area is 186 Å². The van der Waals surface area contributed by atoms with Crippen molar-refractivity contribution in [2.75, 3.05) is 11.6 Å². The zero-order valence-corrected chi connectivity index (χ0v) is 19.5. The first-order valence-electron chi connectivity index (χ1n) is 11.1. The minimum absolute atomic E-state index is 0.289. The number of nitrogens with zero attached hydrogens (tertiary/aromatic N) is 3. The van der Waals surface area contributed by atoms with Crippen LogP contribution in [0.4, 0.5) is 5.69 Å². The van der Waals surface area contributed by atoms with Gasteiger partial charge in [-0.2, -0.15) is 5.10 Å². The molecule has 2 aromatic rings. The number of rotatable bonds is 4. The number of hydrazone groups is 1. The van der Waals surface area contributed by atoms with Crippen LogP contribution in [0.1, 0.15) is 51.8 Å². The third-order valence-corrected chi connectivity index (χ3v) is 6.28. The van der Waals surface area contributed by atoms with Crippen molar-refractivity contribution in [2.24, 2.45) is 5.10 Å². The minimum Gasteiger partial charge on any atom is -0.508 e. The van der Waals surface area contributed by atoms with E-state index in [1.54, 1.807) is 0 Å².